The molecule has 2 aromatic heterocycles. The molecule has 5 nitrogen and oxygen atoms in total. The highest BCUT2D eigenvalue weighted by atomic mass is 19.4. The average molecular weight is 294 g/mol. The zero-order valence-corrected chi connectivity index (χ0v) is 10.5. The van der Waals surface area contributed by atoms with E-state index in [0.29, 0.717) is 16.8 Å². The Morgan fingerprint density at radius 2 is 1.86 bits per heavy atom. The van der Waals surface area contributed by atoms with Crippen LogP contribution in [0.5, 0.6) is 5.75 Å². The number of aromatic nitrogens is 3. The highest BCUT2D eigenvalue weighted by Gasteiger charge is 2.31. The molecule has 0 atom stereocenters. The van der Waals surface area contributed by atoms with Crippen LogP contribution in [0.3, 0.4) is 0 Å². The van der Waals surface area contributed by atoms with E-state index < -0.39 is 6.36 Å². The van der Waals surface area contributed by atoms with E-state index >= 15 is 0 Å². The van der Waals surface area contributed by atoms with E-state index in [4.69, 9.17) is 5.73 Å². The minimum Gasteiger partial charge on any atom is -0.406 e. The molecule has 3 rings (SSSR count). The van der Waals surface area contributed by atoms with Crippen molar-refractivity contribution in [1.82, 2.24) is 14.6 Å². The number of ether oxygens (including phenoxy) is 1. The van der Waals surface area contributed by atoms with Crippen molar-refractivity contribution in [3.8, 4) is 16.9 Å². The van der Waals surface area contributed by atoms with Crippen LogP contribution in [0.4, 0.5) is 19.0 Å². The number of rotatable bonds is 2. The number of fused-ring (bicyclic) bond motifs is 1. The van der Waals surface area contributed by atoms with Crippen molar-refractivity contribution in [3.63, 3.8) is 0 Å². The highest BCUT2D eigenvalue weighted by Crippen LogP contribution is 2.31. The SMILES string of the molecule is Nc1nn2cccnc2c1-c1ccc(OC(F)(F)F)cc1. The number of hydrogen-bond donors (Lipinski definition) is 1. The molecular formula is C13H9F3N4O. The molecule has 0 bridgehead atoms. The van der Waals surface area contributed by atoms with E-state index in [1.807, 2.05) is 0 Å². The smallest absolute Gasteiger partial charge is 0.406 e. The van der Waals surface area contributed by atoms with Crippen LogP contribution in [0, 0.1) is 0 Å². The zero-order chi connectivity index (χ0) is 15.0. The summed E-state index contributed by atoms with van der Waals surface area (Å²) in [7, 11) is 0. The predicted octanol–water partition coefficient (Wildman–Crippen LogP) is 2.88. The topological polar surface area (TPSA) is 65.4 Å². The van der Waals surface area contributed by atoms with Gasteiger partial charge in [-0.1, -0.05) is 12.1 Å². The lowest BCUT2D eigenvalue weighted by Gasteiger charge is -2.09. The molecule has 0 aliphatic rings. The Hall–Kier alpha value is -2.77. The molecule has 0 aliphatic heterocycles. The number of nitrogen functional groups attached to an aromatic ring is 1. The lowest BCUT2D eigenvalue weighted by atomic mass is 10.1. The van der Waals surface area contributed by atoms with Gasteiger partial charge in [0, 0.05) is 12.4 Å². The fraction of sp³-hybridized carbons (Fsp3) is 0.0769. The Morgan fingerprint density at radius 1 is 1.14 bits per heavy atom. The third-order valence-corrected chi connectivity index (χ3v) is 2.80. The van der Waals surface area contributed by atoms with E-state index in [1.54, 1.807) is 18.5 Å². The van der Waals surface area contributed by atoms with Gasteiger partial charge in [-0.3, -0.25) is 0 Å². The Labute approximate surface area is 116 Å². The van der Waals surface area contributed by atoms with Gasteiger partial charge in [0.05, 0.1) is 5.56 Å². The van der Waals surface area contributed by atoms with Crippen LogP contribution in [0.25, 0.3) is 16.8 Å². The summed E-state index contributed by atoms with van der Waals surface area (Å²) in [5, 5.41) is 4.09. The van der Waals surface area contributed by atoms with Gasteiger partial charge in [-0.15, -0.1) is 18.3 Å². The second-order valence-electron chi connectivity index (χ2n) is 4.22. The van der Waals surface area contributed by atoms with Gasteiger partial charge in [0.1, 0.15) is 5.75 Å². The third kappa shape index (κ3) is 2.60. The van der Waals surface area contributed by atoms with Crippen LogP contribution in [-0.4, -0.2) is 21.0 Å². The Balaban J connectivity index is 2.01. The van der Waals surface area contributed by atoms with Crippen molar-refractivity contribution >= 4 is 11.5 Å². The van der Waals surface area contributed by atoms with Crippen LogP contribution in [-0.2, 0) is 0 Å². The summed E-state index contributed by atoms with van der Waals surface area (Å²) in [6, 6.07) is 7.08. The maximum Gasteiger partial charge on any atom is 0.573 e. The molecule has 0 saturated carbocycles. The molecule has 2 N–H and O–H groups in total. The molecule has 3 aromatic rings. The van der Waals surface area contributed by atoms with Gasteiger partial charge in [0.15, 0.2) is 11.5 Å². The summed E-state index contributed by atoms with van der Waals surface area (Å²) in [5.74, 6) is -0.0487. The van der Waals surface area contributed by atoms with Crippen molar-refractivity contribution in [2.24, 2.45) is 0 Å². The van der Waals surface area contributed by atoms with E-state index in [-0.39, 0.29) is 11.6 Å². The predicted molar refractivity (Wildman–Crippen MR) is 69.5 cm³/mol. The first-order valence-electron chi connectivity index (χ1n) is 5.89. The second-order valence-corrected chi connectivity index (χ2v) is 4.22. The second kappa shape index (κ2) is 4.65. The maximum atomic E-state index is 12.1. The van der Waals surface area contributed by atoms with E-state index in [2.05, 4.69) is 14.8 Å². The number of benzene rings is 1. The fourth-order valence-corrected chi connectivity index (χ4v) is 2.00. The number of nitrogens with zero attached hydrogens (tertiary/aromatic N) is 3. The van der Waals surface area contributed by atoms with Crippen LogP contribution in [0.15, 0.2) is 42.7 Å². The fourth-order valence-electron chi connectivity index (χ4n) is 2.00. The molecule has 0 aliphatic carbocycles. The van der Waals surface area contributed by atoms with Gasteiger partial charge < -0.3 is 10.5 Å². The standard InChI is InChI=1S/C13H9F3N4O/c14-13(15,16)21-9-4-2-8(3-5-9)10-11(17)19-20-7-1-6-18-12(10)20/h1-7H,(H2,17,19). The molecule has 0 saturated heterocycles. The van der Waals surface area contributed by atoms with Gasteiger partial charge in [0.2, 0.25) is 0 Å². The summed E-state index contributed by atoms with van der Waals surface area (Å²) < 4.78 is 41.7. The highest BCUT2D eigenvalue weighted by molar-refractivity contribution is 5.86. The molecule has 0 amide bonds. The van der Waals surface area contributed by atoms with Crippen molar-refractivity contribution in [2.75, 3.05) is 5.73 Å². The Bertz CT molecular complexity index is 780. The zero-order valence-electron chi connectivity index (χ0n) is 10.5. The van der Waals surface area contributed by atoms with E-state index in [1.165, 1.54) is 28.8 Å². The third-order valence-electron chi connectivity index (χ3n) is 2.80. The first-order valence-corrected chi connectivity index (χ1v) is 5.89. The van der Waals surface area contributed by atoms with Crippen LogP contribution in [0.2, 0.25) is 0 Å². The minimum atomic E-state index is -4.72. The molecule has 0 radical (unpaired) electrons. The first kappa shape index (κ1) is 13.2. The molecular weight excluding hydrogens is 285 g/mol. The minimum absolute atomic E-state index is 0.248. The summed E-state index contributed by atoms with van der Waals surface area (Å²) in [5.41, 5.74) is 7.54. The van der Waals surface area contributed by atoms with E-state index in [9.17, 15) is 13.2 Å². The van der Waals surface area contributed by atoms with Crippen LogP contribution in [0.1, 0.15) is 0 Å². The average Bonchev–Trinajstić information content (AvgIpc) is 2.74. The Morgan fingerprint density at radius 3 is 2.52 bits per heavy atom. The molecule has 21 heavy (non-hydrogen) atoms. The van der Waals surface area contributed by atoms with Crippen LogP contribution < -0.4 is 10.5 Å². The van der Waals surface area contributed by atoms with Gasteiger partial charge >= 0.3 is 6.36 Å². The van der Waals surface area contributed by atoms with Crippen molar-refractivity contribution in [3.05, 3.63) is 42.7 Å². The summed E-state index contributed by atoms with van der Waals surface area (Å²) in [6.45, 7) is 0. The molecule has 0 fully saturated rings. The maximum absolute atomic E-state index is 12.1. The summed E-state index contributed by atoms with van der Waals surface area (Å²) >= 11 is 0. The largest absolute Gasteiger partial charge is 0.573 e. The van der Waals surface area contributed by atoms with Gasteiger partial charge in [0.25, 0.3) is 0 Å². The quantitative estimate of drug-likeness (QED) is 0.789. The van der Waals surface area contributed by atoms with Crippen molar-refractivity contribution in [2.45, 2.75) is 6.36 Å². The monoisotopic (exact) mass is 294 g/mol. The number of hydrogen-bond acceptors (Lipinski definition) is 4. The van der Waals surface area contributed by atoms with Gasteiger partial charge in [-0.2, -0.15) is 0 Å². The number of nitrogens with two attached hydrogens (primary N) is 1. The molecule has 1 aromatic carbocycles. The number of alkyl halides is 3. The van der Waals surface area contributed by atoms with Gasteiger partial charge in [-0.25, -0.2) is 9.50 Å². The number of halogens is 3. The van der Waals surface area contributed by atoms with Gasteiger partial charge in [-0.05, 0) is 23.8 Å². The molecule has 8 heteroatoms. The van der Waals surface area contributed by atoms with Crippen molar-refractivity contribution < 1.29 is 17.9 Å². The Kier molecular flexibility index (Phi) is 2.93. The number of anilines is 1. The van der Waals surface area contributed by atoms with E-state index in [0.717, 1.165) is 0 Å². The molecule has 0 spiro atoms. The van der Waals surface area contributed by atoms with Crippen LogP contribution >= 0.6 is 0 Å². The molecule has 0 unspecified atom stereocenters. The molecule has 108 valence electrons. The lowest BCUT2D eigenvalue weighted by Crippen LogP contribution is -2.16. The normalized spacial score (nSPS) is 11.8. The van der Waals surface area contributed by atoms with Crippen molar-refractivity contribution in [1.29, 1.82) is 0 Å². The lowest BCUT2D eigenvalue weighted by molar-refractivity contribution is -0.274. The first-order chi connectivity index (χ1) is 9.94. The molecule has 2 heterocycles. The summed E-state index contributed by atoms with van der Waals surface area (Å²) in [4.78, 5) is 4.17. The summed E-state index contributed by atoms with van der Waals surface area (Å²) in [6.07, 6.45) is -1.45.